The number of carbonyl (C=O) groups is 1. The van der Waals surface area contributed by atoms with Gasteiger partial charge in [-0.3, -0.25) is 4.40 Å². The molecule has 7 heteroatoms. The molecular weight excluding hydrogens is 356 g/mol. The lowest BCUT2D eigenvalue weighted by Gasteiger charge is -2.09. The van der Waals surface area contributed by atoms with Crippen LogP contribution in [0.25, 0.3) is 17.0 Å². The molecule has 0 fully saturated rings. The van der Waals surface area contributed by atoms with Gasteiger partial charge in [-0.2, -0.15) is 0 Å². The normalized spacial score (nSPS) is 10.8. The van der Waals surface area contributed by atoms with Crippen molar-refractivity contribution in [1.29, 1.82) is 0 Å². The molecule has 4 aromatic rings. The fourth-order valence-corrected chi connectivity index (χ4v) is 2.87. The molecule has 0 atom stereocenters. The van der Waals surface area contributed by atoms with Crippen LogP contribution in [-0.4, -0.2) is 32.1 Å². The van der Waals surface area contributed by atoms with Gasteiger partial charge in [0.1, 0.15) is 17.3 Å². The summed E-state index contributed by atoms with van der Waals surface area (Å²) in [5, 5.41) is 12.9. The van der Waals surface area contributed by atoms with E-state index in [0.29, 0.717) is 23.6 Å². The second-order valence-electron chi connectivity index (χ2n) is 6.07. The Kier molecular flexibility index (Phi) is 4.63. The van der Waals surface area contributed by atoms with E-state index in [2.05, 4.69) is 15.3 Å². The van der Waals surface area contributed by atoms with E-state index < -0.39 is 0 Å². The van der Waals surface area contributed by atoms with Crippen LogP contribution in [0.2, 0.25) is 0 Å². The zero-order valence-corrected chi connectivity index (χ0v) is 15.2. The van der Waals surface area contributed by atoms with Gasteiger partial charge in [0.2, 0.25) is 5.78 Å². The average molecular weight is 374 g/mol. The Balaban J connectivity index is 1.72. The minimum atomic E-state index is -0.349. The van der Waals surface area contributed by atoms with Crippen molar-refractivity contribution >= 4 is 23.3 Å². The van der Waals surface area contributed by atoms with Crippen LogP contribution in [-0.2, 0) is 4.74 Å². The number of phenols is 1. The fraction of sp³-hybridized carbons (Fsp3) is 0.0952. The van der Waals surface area contributed by atoms with Crippen LogP contribution < -0.4 is 5.32 Å². The molecule has 2 aromatic carbocycles. The number of hydrogen-bond acceptors (Lipinski definition) is 6. The first-order valence-electron chi connectivity index (χ1n) is 8.82. The predicted molar refractivity (Wildman–Crippen MR) is 106 cm³/mol. The predicted octanol–water partition coefficient (Wildman–Crippen LogP) is 4.02. The molecular formula is C21H18N4O3. The molecule has 0 spiro atoms. The minimum absolute atomic E-state index is 0.190. The van der Waals surface area contributed by atoms with E-state index in [-0.39, 0.29) is 11.7 Å². The molecule has 0 aliphatic heterocycles. The number of nitrogens with zero attached hydrogens (tertiary/aromatic N) is 3. The zero-order chi connectivity index (χ0) is 19.5. The van der Waals surface area contributed by atoms with Gasteiger partial charge in [-0.15, -0.1) is 0 Å². The van der Waals surface area contributed by atoms with E-state index in [1.165, 1.54) is 0 Å². The summed E-state index contributed by atoms with van der Waals surface area (Å²) in [5.41, 5.74) is 2.83. The van der Waals surface area contributed by atoms with Gasteiger partial charge in [0.05, 0.1) is 12.2 Å². The number of nitrogens with one attached hydrogen (secondary N) is 1. The SMILES string of the molecule is CCOC(=O)c1ccc(Nc2c(-c3ccc(O)cc3)nc3ncccn23)cc1. The Morgan fingerprint density at radius 1 is 1.14 bits per heavy atom. The summed E-state index contributed by atoms with van der Waals surface area (Å²) >= 11 is 0. The van der Waals surface area contributed by atoms with Crippen molar-refractivity contribution in [3.8, 4) is 17.0 Å². The number of benzene rings is 2. The Labute approximate surface area is 161 Å². The van der Waals surface area contributed by atoms with Gasteiger partial charge in [-0.05, 0) is 61.5 Å². The van der Waals surface area contributed by atoms with Crippen molar-refractivity contribution in [2.75, 3.05) is 11.9 Å². The number of rotatable bonds is 5. The number of phenolic OH excluding ortho intramolecular Hbond substituents is 1. The maximum absolute atomic E-state index is 11.8. The standard InChI is InChI=1S/C21H18N4O3/c1-2-28-20(27)15-4-8-16(9-5-15)23-19-18(14-6-10-17(26)11-7-14)24-21-22-12-3-13-25(19)21/h3-13,23,26H,2H2,1H3. The molecule has 0 radical (unpaired) electrons. The third kappa shape index (κ3) is 3.37. The minimum Gasteiger partial charge on any atom is -0.508 e. The summed E-state index contributed by atoms with van der Waals surface area (Å²) in [6, 6.07) is 15.7. The second kappa shape index (κ2) is 7.40. The van der Waals surface area contributed by atoms with Gasteiger partial charge in [-0.25, -0.2) is 14.8 Å². The third-order valence-corrected chi connectivity index (χ3v) is 4.20. The number of aromatic nitrogens is 3. The molecule has 0 saturated carbocycles. The number of anilines is 2. The zero-order valence-electron chi connectivity index (χ0n) is 15.2. The van der Waals surface area contributed by atoms with Crippen LogP contribution in [0.1, 0.15) is 17.3 Å². The summed E-state index contributed by atoms with van der Waals surface area (Å²) in [6.45, 7) is 2.11. The van der Waals surface area contributed by atoms with Crippen LogP contribution in [0, 0.1) is 0 Å². The molecule has 2 heterocycles. The first-order valence-corrected chi connectivity index (χ1v) is 8.82. The Bertz CT molecular complexity index is 1120. The van der Waals surface area contributed by atoms with Gasteiger partial charge in [0.25, 0.3) is 0 Å². The lowest BCUT2D eigenvalue weighted by molar-refractivity contribution is 0.0526. The molecule has 0 bridgehead atoms. The fourth-order valence-electron chi connectivity index (χ4n) is 2.87. The lowest BCUT2D eigenvalue weighted by atomic mass is 10.1. The van der Waals surface area contributed by atoms with E-state index >= 15 is 0 Å². The summed E-state index contributed by atoms with van der Waals surface area (Å²) in [4.78, 5) is 20.7. The van der Waals surface area contributed by atoms with Crippen molar-refractivity contribution in [2.24, 2.45) is 0 Å². The molecule has 0 aliphatic rings. The monoisotopic (exact) mass is 374 g/mol. The van der Waals surface area contributed by atoms with E-state index in [0.717, 1.165) is 17.1 Å². The number of hydrogen-bond donors (Lipinski definition) is 2. The summed E-state index contributed by atoms with van der Waals surface area (Å²) in [5.74, 6) is 1.13. The van der Waals surface area contributed by atoms with Crippen LogP contribution in [0.15, 0.2) is 67.0 Å². The third-order valence-electron chi connectivity index (χ3n) is 4.20. The van der Waals surface area contributed by atoms with Gasteiger partial charge >= 0.3 is 5.97 Å². The molecule has 2 aromatic heterocycles. The molecule has 7 nitrogen and oxygen atoms in total. The van der Waals surface area contributed by atoms with Crippen molar-refractivity contribution in [3.63, 3.8) is 0 Å². The number of esters is 1. The summed E-state index contributed by atoms with van der Waals surface area (Å²) < 4.78 is 6.86. The average Bonchev–Trinajstić information content (AvgIpc) is 3.08. The van der Waals surface area contributed by atoms with Crippen LogP contribution in [0.3, 0.4) is 0 Å². The van der Waals surface area contributed by atoms with Crippen LogP contribution in [0.4, 0.5) is 11.5 Å². The van der Waals surface area contributed by atoms with E-state index in [9.17, 15) is 9.90 Å². The van der Waals surface area contributed by atoms with Gasteiger partial charge in [0, 0.05) is 23.6 Å². The molecule has 28 heavy (non-hydrogen) atoms. The Morgan fingerprint density at radius 2 is 1.89 bits per heavy atom. The molecule has 0 unspecified atom stereocenters. The highest BCUT2D eigenvalue weighted by Gasteiger charge is 2.15. The summed E-state index contributed by atoms with van der Waals surface area (Å²) in [6.07, 6.45) is 3.55. The topological polar surface area (TPSA) is 88.8 Å². The lowest BCUT2D eigenvalue weighted by Crippen LogP contribution is -2.04. The number of imidazole rings is 1. The smallest absolute Gasteiger partial charge is 0.338 e. The molecule has 0 saturated heterocycles. The summed E-state index contributed by atoms with van der Waals surface area (Å²) in [7, 11) is 0. The van der Waals surface area contributed by atoms with Crippen LogP contribution in [0.5, 0.6) is 5.75 Å². The quantitative estimate of drug-likeness (QED) is 0.513. The second-order valence-corrected chi connectivity index (χ2v) is 6.07. The molecule has 0 aliphatic carbocycles. The highest BCUT2D eigenvalue weighted by atomic mass is 16.5. The van der Waals surface area contributed by atoms with Crippen molar-refractivity contribution in [3.05, 3.63) is 72.6 Å². The number of fused-ring (bicyclic) bond motifs is 1. The Morgan fingerprint density at radius 3 is 2.61 bits per heavy atom. The maximum atomic E-state index is 11.8. The molecule has 0 amide bonds. The van der Waals surface area contributed by atoms with Gasteiger partial charge < -0.3 is 15.2 Å². The van der Waals surface area contributed by atoms with E-state index in [4.69, 9.17) is 4.74 Å². The largest absolute Gasteiger partial charge is 0.508 e. The highest BCUT2D eigenvalue weighted by molar-refractivity contribution is 5.90. The van der Waals surface area contributed by atoms with Gasteiger partial charge in [-0.1, -0.05) is 0 Å². The van der Waals surface area contributed by atoms with Crippen molar-refractivity contribution in [2.45, 2.75) is 6.92 Å². The Hall–Kier alpha value is -3.87. The maximum Gasteiger partial charge on any atom is 0.338 e. The number of aromatic hydroxyl groups is 1. The first-order chi connectivity index (χ1) is 13.7. The van der Waals surface area contributed by atoms with Crippen molar-refractivity contribution < 1.29 is 14.6 Å². The first kappa shape index (κ1) is 17.5. The highest BCUT2D eigenvalue weighted by Crippen LogP contribution is 2.31. The van der Waals surface area contributed by atoms with E-state index in [1.54, 1.807) is 49.5 Å². The van der Waals surface area contributed by atoms with Crippen LogP contribution >= 0.6 is 0 Å². The van der Waals surface area contributed by atoms with Crippen molar-refractivity contribution in [1.82, 2.24) is 14.4 Å². The molecule has 140 valence electrons. The van der Waals surface area contributed by atoms with E-state index in [1.807, 2.05) is 28.8 Å². The molecule has 4 rings (SSSR count). The number of ether oxygens (including phenoxy) is 1. The van der Waals surface area contributed by atoms with Gasteiger partial charge in [0.15, 0.2) is 0 Å². The molecule has 2 N–H and O–H groups in total. The number of carbonyl (C=O) groups excluding carboxylic acids is 1.